The van der Waals surface area contributed by atoms with Crippen LogP contribution in [0.15, 0.2) is 42.5 Å². The zero-order valence-corrected chi connectivity index (χ0v) is 24.4. The molecule has 9 heteroatoms. The van der Waals surface area contributed by atoms with Gasteiger partial charge < -0.3 is 25.4 Å². The van der Waals surface area contributed by atoms with Crippen molar-refractivity contribution < 1.29 is 24.2 Å². The molecule has 40 heavy (non-hydrogen) atoms. The second kappa shape index (κ2) is 14.9. The molecule has 3 amide bonds. The third kappa shape index (κ3) is 9.92. The van der Waals surface area contributed by atoms with E-state index in [9.17, 15) is 24.8 Å². The number of hydrogen-bond donors (Lipinski definition) is 3. The molecular formula is C31H42N4O5. The molecule has 2 atom stereocenters. The smallest absolute Gasteiger partial charge is 0.408 e. The van der Waals surface area contributed by atoms with Gasteiger partial charge >= 0.3 is 6.09 Å². The summed E-state index contributed by atoms with van der Waals surface area (Å²) in [7, 11) is 0. The van der Waals surface area contributed by atoms with Gasteiger partial charge in [-0.3, -0.25) is 9.59 Å². The van der Waals surface area contributed by atoms with Crippen molar-refractivity contribution in [3.63, 3.8) is 0 Å². The normalized spacial score (nSPS) is 12.5. The molecule has 216 valence electrons. The summed E-state index contributed by atoms with van der Waals surface area (Å²) in [6, 6.07) is 11.7. The quantitative estimate of drug-likeness (QED) is 0.256. The van der Waals surface area contributed by atoms with Gasteiger partial charge in [0.1, 0.15) is 30.0 Å². The van der Waals surface area contributed by atoms with E-state index in [1.54, 1.807) is 32.9 Å². The molecule has 0 aromatic heterocycles. The Morgan fingerprint density at radius 2 is 1.75 bits per heavy atom. The van der Waals surface area contributed by atoms with Crippen LogP contribution in [0.1, 0.15) is 75.3 Å². The zero-order valence-electron chi connectivity index (χ0n) is 24.4. The number of phenolic OH excluding ortho intramolecular Hbond substituents is 1. The molecule has 2 rings (SSSR count). The Morgan fingerprint density at radius 3 is 2.35 bits per heavy atom. The summed E-state index contributed by atoms with van der Waals surface area (Å²) >= 11 is 0. The van der Waals surface area contributed by atoms with E-state index in [2.05, 4.69) is 17.6 Å². The number of nitrogens with zero attached hydrogens (tertiary/aromatic N) is 2. The van der Waals surface area contributed by atoms with Crippen molar-refractivity contribution in [3.05, 3.63) is 64.7 Å². The average molecular weight is 551 g/mol. The number of carbonyl (C=O) groups excluding carboxylic acids is 3. The minimum absolute atomic E-state index is 0.0535. The number of rotatable bonds is 12. The van der Waals surface area contributed by atoms with E-state index in [1.807, 2.05) is 38.1 Å². The maximum absolute atomic E-state index is 14.2. The Morgan fingerprint density at radius 1 is 1.07 bits per heavy atom. The highest BCUT2D eigenvalue weighted by atomic mass is 16.6. The van der Waals surface area contributed by atoms with E-state index in [4.69, 9.17) is 4.74 Å². The summed E-state index contributed by atoms with van der Waals surface area (Å²) in [6.07, 6.45) is 1.98. The van der Waals surface area contributed by atoms with Crippen LogP contribution >= 0.6 is 0 Å². The van der Waals surface area contributed by atoms with Crippen LogP contribution in [0.2, 0.25) is 0 Å². The number of carbonyl (C=O) groups is 3. The molecule has 0 heterocycles. The Hall–Kier alpha value is -4.06. The van der Waals surface area contributed by atoms with Crippen molar-refractivity contribution in [2.45, 2.75) is 84.9 Å². The van der Waals surface area contributed by atoms with Crippen molar-refractivity contribution in [1.82, 2.24) is 15.5 Å². The van der Waals surface area contributed by atoms with Gasteiger partial charge in [0.2, 0.25) is 11.8 Å². The van der Waals surface area contributed by atoms with Gasteiger partial charge in [0.15, 0.2) is 0 Å². The number of amides is 3. The highest BCUT2D eigenvalue weighted by Crippen LogP contribution is 2.27. The third-order valence-corrected chi connectivity index (χ3v) is 6.26. The van der Waals surface area contributed by atoms with Crippen LogP contribution < -0.4 is 10.6 Å². The summed E-state index contributed by atoms with van der Waals surface area (Å²) in [5.74, 6) is -0.934. The number of unbranched alkanes of at least 4 members (excludes halogenated alkanes) is 2. The summed E-state index contributed by atoms with van der Waals surface area (Å²) in [5.41, 5.74) is 2.17. The van der Waals surface area contributed by atoms with Gasteiger partial charge in [-0.05, 0) is 69.9 Å². The van der Waals surface area contributed by atoms with E-state index < -0.39 is 35.6 Å². The maximum Gasteiger partial charge on any atom is 0.408 e. The van der Waals surface area contributed by atoms with Gasteiger partial charge in [0.05, 0.1) is 6.07 Å². The molecule has 2 aromatic carbocycles. The van der Waals surface area contributed by atoms with Crippen LogP contribution in [0.5, 0.6) is 5.75 Å². The predicted octanol–water partition coefficient (Wildman–Crippen LogP) is 4.84. The van der Waals surface area contributed by atoms with Crippen molar-refractivity contribution in [3.8, 4) is 11.8 Å². The first-order valence-corrected chi connectivity index (χ1v) is 13.7. The molecule has 0 fully saturated rings. The highest BCUT2D eigenvalue weighted by molar-refractivity contribution is 5.92. The standard InChI is InChI=1S/C31H42N4O5/c1-7-8-9-17-33-28(37)27(25-19-21(2)10-11-22(25)3)35(18-16-32)29(38)26(34-30(39)40-31(4,5)6)20-23-12-14-24(36)15-13-23/h10-15,19,26-27,36H,7-9,17-18,20H2,1-6H3,(H,33,37)(H,34,39). The van der Waals surface area contributed by atoms with Crippen LogP contribution in [0.25, 0.3) is 0 Å². The Balaban J connectivity index is 2.54. The second-order valence-electron chi connectivity index (χ2n) is 11.0. The van der Waals surface area contributed by atoms with E-state index in [-0.39, 0.29) is 18.7 Å². The first-order chi connectivity index (χ1) is 18.9. The largest absolute Gasteiger partial charge is 0.508 e. The molecule has 3 N–H and O–H groups in total. The highest BCUT2D eigenvalue weighted by Gasteiger charge is 2.37. The van der Waals surface area contributed by atoms with Crippen LogP contribution in [-0.4, -0.2) is 52.6 Å². The Labute approximate surface area is 237 Å². The molecule has 0 aliphatic carbocycles. The molecule has 0 aliphatic heterocycles. The average Bonchev–Trinajstić information content (AvgIpc) is 2.87. The number of hydrogen-bond acceptors (Lipinski definition) is 6. The molecule has 0 saturated carbocycles. The van der Waals surface area contributed by atoms with E-state index in [0.29, 0.717) is 17.7 Å². The first-order valence-electron chi connectivity index (χ1n) is 13.7. The van der Waals surface area contributed by atoms with Crippen LogP contribution in [0.3, 0.4) is 0 Å². The fraction of sp³-hybridized carbons (Fsp3) is 0.484. The van der Waals surface area contributed by atoms with Gasteiger partial charge in [-0.1, -0.05) is 55.7 Å². The molecule has 9 nitrogen and oxygen atoms in total. The zero-order chi connectivity index (χ0) is 29.9. The molecular weight excluding hydrogens is 508 g/mol. The third-order valence-electron chi connectivity index (χ3n) is 6.26. The van der Waals surface area contributed by atoms with Crippen LogP contribution in [0, 0.1) is 25.2 Å². The maximum atomic E-state index is 14.2. The van der Waals surface area contributed by atoms with Gasteiger partial charge in [0, 0.05) is 13.0 Å². The van der Waals surface area contributed by atoms with Crippen molar-refractivity contribution in [2.75, 3.05) is 13.1 Å². The molecule has 0 saturated heterocycles. The van der Waals surface area contributed by atoms with Gasteiger partial charge in [-0.2, -0.15) is 5.26 Å². The van der Waals surface area contributed by atoms with Gasteiger partial charge in [0.25, 0.3) is 0 Å². The van der Waals surface area contributed by atoms with Crippen molar-refractivity contribution in [2.24, 2.45) is 0 Å². The molecule has 0 radical (unpaired) electrons. The minimum atomic E-state index is -1.15. The lowest BCUT2D eigenvalue weighted by molar-refractivity contribution is -0.141. The lowest BCUT2D eigenvalue weighted by Crippen LogP contribution is -2.54. The number of alkyl carbamates (subject to hydrolysis) is 1. The lowest BCUT2D eigenvalue weighted by Gasteiger charge is -2.33. The fourth-order valence-electron chi connectivity index (χ4n) is 4.28. The lowest BCUT2D eigenvalue weighted by atomic mass is 9.95. The topological polar surface area (TPSA) is 132 Å². The summed E-state index contributed by atoms with van der Waals surface area (Å²) < 4.78 is 5.41. The summed E-state index contributed by atoms with van der Waals surface area (Å²) in [6.45, 7) is 11.0. The Bertz CT molecular complexity index is 1200. The molecule has 0 aliphatic rings. The van der Waals surface area contributed by atoms with Gasteiger partial charge in [-0.15, -0.1) is 0 Å². The number of aromatic hydroxyl groups is 1. The number of benzene rings is 2. The van der Waals surface area contributed by atoms with E-state index in [0.717, 1.165) is 30.4 Å². The number of aryl methyl sites for hydroxylation is 2. The number of nitriles is 1. The van der Waals surface area contributed by atoms with E-state index in [1.165, 1.54) is 17.0 Å². The molecule has 2 aromatic rings. The Kier molecular flexibility index (Phi) is 12.0. The first kappa shape index (κ1) is 32.2. The van der Waals surface area contributed by atoms with Crippen molar-refractivity contribution in [1.29, 1.82) is 5.26 Å². The number of ether oxygens (including phenoxy) is 1. The summed E-state index contributed by atoms with van der Waals surface area (Å²) in [5, 5.41) is 25.0. The molecule has 0 spiro atoms. The van der Waals surface area contributed by atoms with E-state index >= 15 is 0 Å². The molecule has 0 bridgehead atoms. The molecule has 2 unspecified atom stereocenters. The fourth-order valence-corrected chi connectivity index (χ4v) is 4.28. The monoisotopic (exact) mass is 550 g/mol. The van der Waals surface area contributed by atoms with Crippen LogP contribution in [0.4, 0.5) is 4.79 Å². The van der Waals surface area contributed by atoms with Crippen LogP contribution in [-0.2, 0) is 20.7 Å². The minimum Gasteiger partial charge on any atom is -0.508 e. The summed E-state index contributed by atoms with van der Waals surface area (Å²) in [4.78, 5) is 41.8. The number of phenols is 1. The number of nitrogens with one attached hydrogen (secondary N) is 2. The second-order valence-corrected chi connectivity index (χ2v) is 11.0. The SMILES string of the molecule is CCCCCNC(=O)C(c1cc(C)ccc1C)N(CC#N)C(=O)C(Cc1ccc(O)cc1)NC(=O)OC(C)(C)C. The van der Waals surface area contributed by atoms with Crippen molar-refractivity contribution >= 4 is 17.9 Å². The van der Waals surface area contributed by atoms with Gasteiger partial charge in [-0.25, -0.2) is 4.79 Å². The predicted molar refractivity (Wildman–Crippen MR) is 153 cm³/mol.